The van der Waals surface area contributed by atoms with Gasteiger partial charge in [0.25, 0.3) is 0 Å². The predicted molar refractivity (Wildman–Crippen MR) is 118 cm³/mol. The van der Waals surface area contributed by atoms with Crippen LogP contribution in [0.1, 0.15) is 30.9 Å². The molecule has 2 aromatic carbocycles. The number of anilines is 1. The van der Waals surface area contributed by atoms with Gasteiger partial charge in [-0.2, -0.15) is 0 Å². The van der Waals surface area contributed by atoms with Crippen LogP contribution in [0.15, 0.2) is 24.3 Å². The van der Waals surface area contributed by atoms with Crippen LogP contribution in [0.25, 0.3) is 0 Å². The highest BCUT2D eigenvalue weighted by atomic mass is 35.5. The molecule has 0 radical (unpaired) electrons. The molecular formula is C22H25Cl2NO5. The van der Waals surface area contributed by atoms with Crippen LogP contribution in [0.3, 0.4) is 0 Å². The molecule has 2 aromatic rings. The number of methoxy groups -OCH3 is 3. The Morgan fingerprint density at radius 2 is 1.63 bits per heavy atom. The number of halogens is 2. The average Bonchev–Trinajstić information content (AvgIpc) is 2.72. The van der Waals surface area contributed by atoms with Crippen LogP contribution in [-0.4, -0.2) is 39.9 Å². The van der Waals surface area contributed by atoms with Gasteiger partial charge in [-0.25, -0.2) is 4.79 Å². The molecule has 0 aromatic heterocycles. The highest BCUT2D eigenvalue weighted by Crippen LogP contribution is 2.51. The molecule has 30 heavy (non-hydrogen) atoms. The van der Waals surface area contributed by atoms with E-state index in [0.717, 1.165) is 11.1 Å². The number of benzene rings is 2. The third kappa shape index (κ3) is 3.98. The van der Waals surface area contributed by atoms with Gasteiger partial charge in [-0.1, -0.05) is 30.1 Å². The monoisotopic (exact) mass is 453 g/mol. The normalized spacial score (nSPS) is 20.0. The van der Waals surface area contributed by atoms with E-state index in [0.29, 0.717) is 33.0 Å². The van der Waals surface area contributed by atoms with Crippen molar-refractivity contribution in [1.29, 1.82) is 0 Å². The summed E-state index contributed by atoms with van der Waals surface area (Å²) in [5.74, 6) is 0.877. The predicted octanol–water partition coefficient (Wildman–Crippen LogP) is 5.14. The van der Waals surface area contributed by atoms with E-state index in [1.807, 2.05) is 13.0 Å². The largest absolute Gasteiger partial charge is 0.496 e. The maximum absolute atomic E-state index is 12.7. The van der Waals surface area contributed by atoms with Crippen molar-refractivity contribution in [2.75, 3.05) is 33.3 Å². The van der Waals surface area contributed by atoms with Gasteiger partial charge < -0.3 is 24.3 Å². The zero-order valence-electron chi connectivity index (χ0n) is 17.5. The van der Waals surface area contributed by atoms with E-state index in [1.54, 1.807) is 46.5 Å². The minimum absolute atomic E-state index is 0.206. The van der Waals surface area contributed by atoms with Crippen LogP contribution in [0.5, 0.6) is 17.2 Å². The Morgan fingerprint density at radius 1 is 1.00 bits per heavy atom. The second kappa shape index (κ2) is 9.23. The molecule has 1 N–H and O–H groups in total. The van der Waals surface area contributed by atoms with Gasteiger partial charge in [-0.05, 0) is 31.0 Å². The number of hydrogen-bond donors (Lipinski definition) is 1. The standard InChI is InChI=1S/C22H25Cl2NO5/c1-6-30-22(26)21-11(2)19(20-14(24)7-12(23)8-15(20)25-21)13-9-17(28-4)18(29-5)10-16(13)27-3/h7-11,19,21,25H,6H2,1-5H3. The SMILES string of the molecule is CCOC(=O)C1Nc2cc(Cl)cc(Cl)c2C(c2cc(OC)c(OC)cc2OC)C1C. The maximum atomic E-state index is 12.7. The summed E-state index contributed by atoms with van der Waals surface area (Å²) in [5, 5.41) is 4.24. The zero-order chi connectivity index (χ0) is 22.0. The number of ether oxygens (including phenoxy) is 4. The summed E-state index contributed by atoms with van der Waals surface area (Å²) in [5.41, 5.74) is 2.34. The van der Waals surface area contributed by atoms with E-state index >= 15 is 0 Å². The van der Waals surface area contributed by atoms with Crippen molar-refractivity contribution in [1.82, 2.24) is 0 Å². The fourth-order valence-electron chi connectivity index (χ4n) is 4.01. The van der Waals surface area contributed by atoms with Crippen molar-refractivity contribution < 1.29 is 23.7 Å². The van der Waals surface area contributed by atoms with Crippen molar-refractivity contribution in [2.45, 2.75) is 25.8 Å². The van der Waals surface area contributed by atoms with Gasteiger partial charge in [-0.15, -0.1) is 0 Å². The summed E-state index contributed by atoms with van der Waals surface area (Å²) < 4.78 is 21.9. The lowest BCUT2D eigenvalue weighted by Gasteiger charge is -2.39. The molecule has 0 amide bonds. The number of esters is 1. The molecule has 0 saturated heterocycles. The maximum Gasteiger partial charge on any atom is 0.328 e. The fraction of sp³-hybridized carbons (Fsp3) is 0.409. The average molecular weight is 454 g/mol. The Morgan fingerprint density at radius 3 is 2.23 bits per heavy atom. The highest BCUT2D eigenvalue weighted by molar-refractivity contribution is 6.35. The number of carbonyl (C=O) groups is 1. The Hall–Kier alpha value is -2.31. The van der Waals surface area contributed by atoms with Crippen LogP contribution in [0.4, 0.5) is 5.69 Å². The minimum Gasteiger partial charge on any atom is -0.496 e. The summed E-state index contributed by atoms with van der Waals surface area (Å²) in [6, 6.07) is 6.50. The van der Waals surface area contributed by atoms with Gasteiger partial charge in [0.05, 0.1) is 27.9 Å². The van der Waals surface area contributed by atoms with Gasteiger partial charge in [0.1, 0.15) is 11.8 Å². The molecule has 0 aliphatic carbocycles. The lowest BCUT2D eigenvalue weighted by molar-refractivity contribution is -0.145. The lowest BCUT2D eigenvalue weighted by atomic mass is 9.74. The van der Waals surface area contributed by atoms with Crippen molar-refractivity contribution in [3.63, 3.8) is 0 Å². The topological polar surface area (TPSA) is 66.0 Å². The molecule has 1 aliphatic rings. The molecule has 1 heterocycles. The molecule has 0 spiro atoms. The van der Waals surface area contributed by atoms with Gasteiger partial charge in [0.15, 0.2) is 11.5 Å². The minimum atomic E-state index is -0.588. The number of carbonyl (C=O) groups excluding carboxylic acids is 1. The van der Waals surface area contributed by atoms with Crippen LogP contribution >= 0.6 is 23.2 Å². The highest BCUT2D eigenvalue weighted by Gasteiger charge is 2.42. The van der Waals surface area contributed by atoms with Crippen LogP contribution in [0, 0.1) is 5.92 Å². The third-order valence-corrected chi connectivity index (χ3v) is 5.91. The van der Waals surface area contributed by atoms with Crippen molar-refractivity contribution in [3.8, 4) is 17.2 Å². The van der Waals surface area contributed by atoms with E-state index in [4.69, 9.17) is 42.1 Å². The van der Waals surface area contributed by atoms with E-state index in [1.165, 1.54) is 0 Å². The first-order chi connectivity index (χ1) is 14.4. The molecule has 6 nitrogen and oxygen atoms in total. The molecular weight excluding hydrogens is 429 g/mol. The zero-order valence-corrected chi connectivity index (χ0v) is 19.1. The van der Waals surface area contributed by atoms with Crippen molar-refractivity contribution in [3.05, 3.63) is 45.4 Å². The smallest absolute Gasteiger partial charge is 0.328 e. The Labute approximate surface area is 186 Å². The van der Waals surface area contributed by atoms with Gasteiger partial charge in [0, 0.05) is 38.8 Å². The molecule has 0 fully saturated rings. The molecule has 0 saturated carbocycles. The molecule has 3 rings (SSSR count). The first kappa shape index (κ1) is 22.4. The second-order valence-corrected chi connectivity index (χ2v) is 7.85. The first-order valence-electron chi connectivity index (χ1n) is 9.58. The van der Waals surface area contributed by atoms with Crippen molar-refractivity contribution >= 4 is 34.9 Å². The summed E-state index contributed by atoms with van der Waals surface area (Å²) >= 11 is 12.9. The summed E-state index contributed by atoms with van der Waals surface area (Å²) in [4.78, 5) is 12.7. The van der Waals surface area contributed by atoms with E-state index in [-0.39, 0.29) is 24.4 Å². The Bertz CT molecular complexity index is 950. The Balaban J connectivity index is 2.25. The fourth-order valence-corrected chi connectivity index (χ4v) is 4.63. The molecule has 0 bridgehead atoms. The molecule has 1 aliphatic heterocycles. The number of hydrogen-bond acceptors (Lipinski definition) is 6. The van der Waals surface area contributed by atoms with Gasteiger partial charge in [-0.3, -0.25) is 0 Å². The summed E-state index contributed by atoms with van der Waals surface area (Å²) in [6.07, 6.45) is 0. The Kier molecular flexibility index (Phi) is 6.88. The van der Waals surface area contributed by atoms with Crippen LogP contribution < -0.4 is 19.5 Å². The van der Waals surface area contributed by atoms with Gasteiger partial charge in [0.2, 0.25) is 0 Å². The number of fused-ring (bicyclic) bond motifs is 1. The third-order valence-electron chi connectivity index (χ3n) is 5.38. The quantitative estimate of drug-likeness (QED) is 0.610. The summed E-state index contributed by atoms with van der Waals surface area (Å²) in [6.45, 7) is 4.04. The van der Waals surface area contributed by atoms with E-state index < -0.39 is 6.04 Å². The number of nitrogens with one attached hydrogen (secondary N) is 1. The second-order valence-electron chi connectivity index (χ2n) is 7.01. The van der Waals surface area contributed by atoms with Gasteiger partial charge >= 0.3 is 5.97 Å². The molecule has 8 heteroatoms. The molecule has 3 atom stereocenters. The van der Waals surface area contributed by atoms with Crippen LogP contribution in [0.2, 0.25) is 10.0 Å². The lowest BCUT2D eigenvalue weighted by Crippen LogP contribution is -2.43. The first-order valence-corrected chi connectivity index (χ1v) is 10.3. The summed E-state index contributed by atoms with van der Waals surface area (Å²) in [7, 11) is 4.72. The van der Waals surface area contributed by atoms with Crippen molar-refractivity contribution in [2.24, 2.45) is 5.92 Å². The van der Waals surface area contributed by atoms with Crippen LogP contribution in [-0.2, 0) is 9.53 Å². The molecule has 162 valence electrons. The van der Waals surface area contributed by atoms with E-state index in [9.17, 15) is 4.79 Å². The molecule has 3 unspecified atom stereocenters. The number of rotatable bonds is 6. The van der Waals surface area contributed by atoms with E-state index in [2.05, 4.69) is 5.32 Å².